The zero-order chi connectivity index (χ0) is 18.4. The van der Waals surface area contributed by atoms with Crippen molar-refractivity contribution in [3.05, 3.63) is 47.6 Å². The average Bonchev–Trinajstić information content (AvgIpc) is 2.87. The maximum absolute atomic E-state index is 6.50. The van der Waals surface area contributed by atoms with Gasteiger partial charge in [0.1, 0.15) is 5.75 Å². The second kappa shape index (κ2) is 6.36. The van der Waals surface area contributed by atoms with E-state index >= 15 is 0 Å². The Balaban J connectivity index is 1.89. The average molecular weight is 373 g/mol. The predicted molar refractivity (Wildman–Crippen MR) is 113 cm³/mol. The summed E-state index contributed by atoms with van der Waals surface area (Å²) in [7, 11) is -1.84. The zero-order valence-corrected chi connectivity index (χ0v) is 17.8. The fourth-order valence-electron chi connectivity index (χ4n) is 2.78. The summed E-state index contributed by atoms with van der Waals surface area (Å²) in [6.07, 6.45) is 6.62. The van der Waals surface area contributed by atoms with Crippen LogP contribution in [-0.2, 0) is 0 Å². The van der Waals surface area contributed by atoms with E-state index < -0.39 is 8.32 Å². The molecule has 1 aromatic rings. The molecular weight excluding hydrogens is 344 g/mol. The van der Waals surface area contributed by atoms with Crippen LogP contribution in [0.4, 0.5) is 0 Å². The molecule has 0 amide bonds. The molecular formula is C20H28N2OSSi. The van der Waals surface area contributed by atoms with Gasteiger partial charge in [-0.15, -0.1) is 0 Å². The van der Waals surface area contributed by atoms with E-state index in [1.54, 1.807) is 11.8 Å². The Bertz CT molecular complexity index is 774. The molecule has 0 spiro atoms. The Morgan fingerprint density at radius 2 is 1.96 bits per heavy atom. The van der Waals surface area contributed by atoms with E-state index in [-0.39, 0.29) is 11.1 Å². The van der Waals surface area contributed by atoms with E-state index in [0.717, 1.165) is 5.75 Å². The Hall–Kier alpha value is -1.46. The smallest absolute Gasteiger partial charge is 0.250 e. The van der Waals surface area contributed by atoms with Gasteiger partial charge in [-0.25, -0.2) is 0 Å². The van der Waals surface area contributed by atoms with Crippen LogP contribution in [0.25, 0.3) is 5.57 Å². The first-order valence-electron chi connectivity index (χ1n) is 8.77. The number of nitrogens with zero attached hydrogens (tertiary/aromatic N) is 1. The molecule has 5 heteroatoms. The number of nitrogens with two attached hydrogens (primary N) is 1. The van der Waals surface area contributed by atoms with Gasteiger partial charge < -0.3 is 10.2 Å². The highest BCUT2D eigenvalue weighted by atomic mass is 32.2. The second-order valence-electron chi connectivity index (χ2n) is 8.36. The van der Waals surface area contributed by atoms with Crippen molar-refractivity contribution >= 4 is 30.8 Å². The molecule has 0 aromatic heterocycles. The van der Waals surface area contributed by atoms with Crippen LogP contribution in [0.2, 0.25) is 18.1 Å². The van der Waals surface area contributed by atoms with Gasteiger partial charge in [-0.05, 0) is 53.9 Å². The van der Waals surface area contributed by atoms with Gasteiger partial charge >= 0.3 is 0 Å². The summed E-state index contributed by atoms with van der Waals surface area (Å²) in [4.78, 5) is 4.46. The summed E-state index contributed by atoms with van der Waals surface area (Å²) in [5.41, 5.74) is 9.60. The molecule has 0 bridgehead atoms. The van der Waals surface area contributed by atoms with Crippen molar-refractivity contribution in [2.24, 2.45) is 10.7 Å². The highest BCUT2D eigenvalue weighted by Gasteiger charge is 2.39. The molecule has 2 atom stereocenters. The summed E-state index contributed by atoms with van der Waals surface area (Å²) in [6, 6.07) is 6.63. The monoisotopic (exact) mass is 372 g/mol. The standard InChI is InChI=1S/C20H28N2OSSi/c1-13-7-9-15(23-25(5,6)20(2,3)4)12-16(13)14-8-10-17-18(11-14)24-19(21)22-17/h7-12,17-18H,1-6H3,(H2,21,22)/t17-,18?/m0/s1. The Kier molecular flexibility index (Phi) is 4.66. The van der Waals surface area contributed by atoms with Crippen LogP contribution in [0, 0.1) is 6.92 Å². The van der Waals surface area contributed by atoms with E-state index in [1.807, 2.05) is 0 Å². The van der Waals surface area contributed by atoms with Crippen molar-refractivity contribution in [1.82, 2.24) is 0 Å². The van der Waals surface area contributed by atoms with Crippen LogP contribution in [0.5, 0.6) is 5.75 Å². The fourth-order valence-corrected chi connectivity index (χ4v) is 4.77. The van der Waals surface area contributed by atoms with Gasteiger partial charge in [0.15, 0.2) is 5.17 Å². The quantitative estimate of drug-likeness (QED) is 0.748. The van der Waals surface area contributed by atoms with Crippen LogP contribution in [0.1, 0.15) is 31.9 Å². The van der Waals surface area contributed by atoms with Crippen LogP contribution in [-0.4, -0.2) is 24.8 Å². The van der Waals surface area contributed by atoms with Gasteiger partial charge in [0.2, 0.25) is 8.32 Å². The molecule has 0 saturated carbocycles. The molecule has 25 heavy (non-hydrogen) atoms. The highest BCUT2D eigenvalue weighted by molar-refractivity contribution is 8.14. The van der Waals surface area contributed by atoms with Gasteiger partial charge in [-0.3, -0.25) is 4.99 Å². The number of rotatable bonds is 3. The predicted octanol–water partition coefficient (Wildman–Crippen LogP) is 5.13. The van der Waals surface area contributed by atoms with E-state index in [4.69, 9.17) is 10.2 Å². The van der Waals surface area contributed by atoms with Gasteiger partial charge in [0.25, 0.3) is 0 Å². The minimum absolute atomic E-state index is 0.181. The first kappa shape index (κ1) is 18.3. The first-order valence-corrected chi connectivity index (χ1v) is 12.6. The van der Waals surface area contributed by atoms with Crippen molar-refractivity contribution in [3.63, 3.8) is 0 Å². The summed E-state index contributed by atoms with van der Waals surface area (Å²) >= 11 is 1.65. The van der Waals surface area contributed by atoms with Crippen LogP contribution in [0.3, 0.4) is 0 Å². The number of benzene rings is 1. The molecule has 0 radical (unpaired) electrons. The number of allylic oxidation sites excluding steroid dienone is 2. The van der Waals surface area contributed by atoms with E-state index in [0.29, 0.717) is 10.4 Å². The molecule has 0 fully saturated rings. The van der Waals surface area contributed by atoms with Crippen molar-refractivity contribution in [2.45, 2.75) is 57.1 Å². The van der Waals surface area contributed by atoms with Crippen LogP contribution >= 0.6 is 11.8 Å². The summed E-state index contributed by atoms with van der Waals surface area (Å²) in [6.45, 7) is 13.5. The SMILES string of the molecule is Cc1ccc(O[Si](C)(C)C(C)(C)C)cc1C1=CC2SC(N)=N[C@H]2C=C1. The van der Waals surface area contributed by atoms with E-state index in [2.05, 4.69) is 82.2 Å². The molecule has 2 aliphatic rings. The number of amidine groups is 1. The third-order valence-electron chi connectivity index (χ3n) is 5.39. The van der Waals surface area contributed by atoms with Gasteiger partial charge in [-0.2, -0.15) is 0 Å². The number of hydrogen-bond donors (Lipinski definition) is 1. The lowest BCUT2D eigenvalue weighted by molar-refractivity contribution is 0.492. The molecule has 1 unspecified atom stereocenters. The Labute approximate surface area is 156 Å². The van der Waals surface area contributed by atoms with Crippen LogP contribution in [0.15, 0.2) is 41.4 Å². The third-order valence-corrected chi connectivity index (χ3v) is 10.8. The van der Waals surface area contributed by atoms with E-state index in [1.165, 1.54) is 16.7 Å². The number of aliphatic imine (C=N–C) groups is 1. The maximum atomic E-state index is 6.50. The summed E-state index contributed by atoms with van der Waals surface area (Å²) in [5, 5.41) is 1.18. The molecule has 0 saturated heterocycles. The molecule has 2 N–H and O–H groups in total. The molecule has 1 aliphatic carbocycles. The molecule has 3 rings (SSSR count). The molecule has 1 aliphatic heterocycles. The molecule has 3 nitrogen and oxygen atoms in total. The van der Waals surface area contributed by atoms with Gasteiger partial charge in [-0.1, -0.05) is 56.8 Å². The van der Waals surface area contributed by atoms with Gasteiger partial charge in [0, 0.05) is 0 Å². The minimum atomic E-state index is -1.84. The van der Waals surface area contributed by atoms with Gasteiger partial charge in [0.05, 0.1) is 11.3 Å². The number of hydrogen-bond acceptors (Lipinski definition) is 4. The summed E-state index contributed by atoms with van der Waals surface area (Å²) < 4.78 is 6.50. The van der Waals surface area contributed by atoms with Crippen molar-refractivity contribution in [2.75, 3.05) is 0 Å². The first-order chi connectivity index (χ1) is 11.6. The van der Waals surface area contributed by atoms with Crippen molar-refractivity contribution in [1.29, 1.82) is 0 Å². The zero-order valence-electron chi connectivity index (χ0n) is 16.0. The largest absolute Gasteiger partial charge is 0.543 e. The molecule has 1 aromatic carbocycles. The Morgan fingerprint density at radius 3 is 2.64 bits per heavy atom. The Morgan fingerprint density at radius 1 is 1.24 bits per heavy atom. The number of fused-ring (bicyclic) bond motifs is 1. The third kappa shape index (κ3) is 3.72. The highest BCUT2D eigenvalue weighted by Crippen LogP contribution is 2.39. The summed E-state index contributed by atoms with van der Waals surface area (Å²) in [5.74, 6) is 0.971. The fraction of sp³-hybridized carbons (Fsp3) is 0.450. The molecule has 1 heterocycles. The van der Waals surface area contributed by atoms with Crippen LogP contribution < -0.4 is 10.2 Å². The number of thioether (sulfide) groups is 1. The lowest BCUT2D eigenvalue weighted by Crippen LogP contribution is -2.43. The second-order valence-corrected chi connectivity index (χ2v) is 14.3. The van der Waals surface area contributed by atoms with E-state index in [9.17, 15) is 0 Å². The number of aryl methyl sites for hydroxylation is 1. The molecule has 134 valence electrons. The normalized spacial score (nSPS) is 23.1. The maximum Gasteiger partial charge on any atom is 0.250 e. The lowest BCUT2D eigenvalue weighted by Gasteiger charge is -2.36. The topological polar surface area (TPSA) is 47.6 Å². The minimum Gasteiger partial charge on any atom is -0.543 e. The van der Waals surface area contributed by atoms with Crippen molar-refractivity contribution in [3.8, 4) is 5.75 Å². The van der Waals surface area contributed by atoms with Crippen molar-refractivity contribution < 1.29 is 4.43 Å². The lowest BCUT2D eigenvalue weighted by atomic mass is 9.94.